The van der Waals surface area contributed by atoms with E-state index in [2.05, 4.69) is 22.7 Å². The van der Waals surface area contributed by atoms with Gasteiger partial charge in [-0.05, 0) is 97.5 Å². The van der Waals surface area contributed by atoms with Crippen LogP contribution in [0, 0.1) is 0 Å². The zero-order chi connectivity index (χ0) is 44.2. The van der Waals surface area contributed by atoms with Crippen molar-refractivity contribution in [3.63, 3.8) is 0 Å². The molecule has 0 aliphatic heterocycles. The summed E-state index contributed by atoms with van der Waals surface area (Å²) < 4.78 is 17.9. The van der Waals surface area contributed by atoms with E-state index < -0.39 is 17.7 Å². The number of hydrogen-bond donors (Lipinski definition) is 3. The van der Waals surface area contributed by atoms with Gasteiger partial charge in [-0.25, -0.2) is 20.4 Å². The molecule has 14 heteroatoms. The molecule has 12 nitrogen and oxygen atoms in total. The molecular formula is C48H46Cl2N6O6. The summed E-state index contributed by atoms with van der Waals surface area (Å²) in [6.07, 6.45) is -0.0389. The highest BCUT2D eigenvalue weighted by molar-refractivity contribution is 6.32. The predicted octanol–water partition coefficient (Wildman–Crippen LogP) is 10.2. The van der Waals surface area contributed by atoms with E-state index in [1.54, 1.807) is 30.3 Å². The molecular weight excluding hydrogens is 827 g/mol. The molecule has 1 heterocycles. The smallest absolute Gasteiger partial charge is 0.437 e. The Kier molecular flexibility index (Phi) is 15.2. The molecule has 62 heavy (non-hydrogen) atoms. The summed E-state index contributed by atoms with van der Waals surface area (Å²) in [5, 5.41) is 6.17. The van der Waals surface area contributed by atoms with Gasteiger partial charge in [-0.15, -0.1) is 5.10 Å². The Labute approximate surface area is 369 Å². The lowest BCUT2D eigenvalue weighted by atomic mass is 10.0. The van der Waals surface area contributed by atoms with Crippen LogP contribution in [-0.2, 0) is 13.1 Å². The number of hydrogen-bond acceptors (Lipinski definition) is 8. The summed E-state index contributed by atoms with van der Waals surface area (Å²) in [5.41, 5.74) is 11.7. The number of rotatable bonds is 12. The molecule has 0 fully saturated rings. The molecule has 0 saturated carbocycles. The van der Waals surface area contributed by atoms with Crippen LogP contribution in [-0.4, -0.2) is 38.9 Å². The number of urea groups is 1. The Hall–Kier alpha value is -6.86. The molecule has 0 bridgehead atoms. The fraction of sp³-hybridized carbons (Fsp3) is 0.167. The van der Waals surface area contributed by atoms with Crippen molar-refractivity contribution in [1.29, 1.82) is 0 Å². The van der Waals surface area contributed by atoms with Crippen LogP contribution in [0.15, 0.2) is 155 Å². The standard InChI is InChI=1S/C24H25ClN4O3.C24H21ClN2O3/c1-16(2)32-22-13-12-20(14-21(22)25)23(30)28-29(24(31)27-26)15-17-8-10-19(11-9-17)18-6-4-3-5-7-18;1-16(2)29-22-13-12-20(14-21(22)25)23-26-27(24(28)30-23)15-17-8-10-19(11-9-17)18-6-4-3-5-7-18/h3-14,16H,15,26H2,1-2H3,(H,27,31)(H,28,30);3-14,16H,15H2,1-2H3. The summed E-state index contributed by atoms with van der Waals surface area (Å²) in [4.78, 5) is 37.2. The Bertz CT molecular complexity index is 2630. The molecule has 7 aromatic rings. The maximum atomic E-state index is 12.7. The van der Waals surface area contributed by atoms with E-state index in [1.165, 1.54) is 10.7 Å². The molecule has 0 atom stereocenters. The summed E-state index contributed by atoms with van der Waals surface area (Å²) in [6.45, 7) is 8.06. The minimum Gasteiger partial charge on any atom is -0.489 e. The molecule has 0 aliphatic carbocycles. The SMILES string of the molecule is CC(C)Oc1ccc(-c2nn(Cc3ccc(-c4ccccc4)cc3)c(=O)o2)cc1Cl.CC(C)Oc1ccc(C(=O)NN(Cc2ccc(-c3ccccc3)cc2)C(=O)NN)cc1Cl. The molecule has 0 aliphatic rings. The average molecular weight is 874 g/mol. The van der Waals surface area contributed by atoms with Crippen molar-refractivity contribution in [2.75, 3.05) is 0 Å². The van der Waals surface area contributed by atoms with Crippen LogP contribution in [0.25, 0.3) is 33.7 Å². The van der Waals surface area contributed by atoms with Crippen LogP contribution < -0.4 is 31.9 Å². The third-order valence-corrected chi connectivity index (χ3v) is 9.70. The van der Waals surface area contributed by atoms with E-state index in [4.69, 9.17) is 42.9 Å². The van der Waals surface area contributed by atoms with E-state index in [9.17, 15) is 14.4 Å². The topological polar surface area (TPSA) is 154 Å². The zero-order valence-electron chi connectivity index (χ0n) is 34.5. The van der Waals surface area contributed by atoms with Gasteiger partial charge >= 0.3 is 11.8 Å². The molecule has 0 saturated heterocycles. The van der Waals surface area contributed by atoms with E-state index >= 15 is 0 Å². The van der Waals surface area contributed by atoms with Gasteiger partial charge in [0.05, 0.1) is 35.3 Å². The highest BCUT2D eigenvalue weighted by Crippen LogP contribution is 2.31. The van der Waals surface area contributed by atoms with E-state index in [0.717, 1.165) is 38.4 Å². The second kappa shape index (κ2) is 21.1. The first-order chi connectivity index (χ1) is 29.9. The van der Waals surface area contributed by atoms with Gasteiger partial charge in [0.2, 0.25) is 5.89 Å². The van der Waals surface area contributed by atoms with Gasteiger partial charge < -0.3 is 13.9 Å². The number of ether oxygens (including phenoxy) is 2. The van der Waals surface area contributed by atoms with Crippen molar-refractivity contribution >= 4 is 35.1 Å². The molecule has 0 unspecified atom stereocenters. The number of amides is 3. The summed E-state index contributed by atoms with van der Waals surface area (Å²) >= 11 is 12.5. The van der Waals surface area contributed by atoms with Crippen LogP contribution >= 0.6 is 23.2 Å². The molecule has 7 rings (SSSR count). The van der Waals surface area contributed by atoms with Crippen LogP contribution in [0.5, 0.6) is 11.5 Å². The minimum absolute atomic E-state index is 0.0127. The van der Waals surface area contributed by atoms with Crippen LogP contribution in [0.2, 0.25) is 10.0 Å². The summed E-state index contributed by atoms with van der Waals surface area (Å²) in [5.74, 6) is 5.56. The fourth-order valence-electron chi connectivity index (χ4n) is 6.15. The number of nitrogens with zero attached hydrogens (tertiary/aromatic N) is 3. The number of halogens is 2. The van der Waals surface area contributed by atoms with Crippen molar-refractivity contribution in [2.45, 2.75) is 53.0 Å². The summed E-state index contributed by atoms with van der Waals surface area (Å²) in [7, 11) is 0. The van der Waals surface area contributed by atoms with Gasteiger partial charge in [-0.1, -0.05) is 132 Å². The number of hydrazine groups is 2. The Balaban J connectivity index is 0.000000207. The van der Waals surface area contributed by atoms with Crippen LogP contribution in [0.1, 0.15) is 49.2 Å². The average Bonchev–Trinajstić information content (AvgIpc) is 3.64. The van der Waals surface area contributed by atoms with Crippen molar-refractivity contribution in [2.24, 2.45) is 5.84 Å². The van der Waals surface area contributed by atoms with E-state index in [1.807, 2.05) is 130 Å². The first-order valence-electron chi connectivity index (χ1n) is 19.8. The minimum atomic E-state index is -0.656. The second-order valence-corrected chi connectivity index (χ2v) is 15.4. The summed E-state index contributed by atoms with van der Waals surface area (Å²) in [6, 6.07) is 45.0. The molecule has 0 radical (unpaired) electrons. The number of carbonyl (C=O) groups is 2. The molecule has 3 amide bonds. The van der Waals surface area contributed by atoms with E-state index in [0.29, 0.717) is 33.7 Å². The first-order valence-corrected chi connectivity index (χ1v) is 20.5. The monoisotopic (exact) mass is 872 g/mol. The van der Waals surface area contributed by atoms with Gasteiger partial charge in [0.25, 0.3) is 5.91 Å². The fourth-order valence-corrected chi connectivity index (χ4v) is 6.60. The third kappa shape index (κ3) is 12.1. The normalized spacial score (nSPS) is 10.8. The molecule has 1 aromatic heterocycles. The number of nitrogens with one attached hydrogen (secondary N) is 2. The number of benzene rings is 6. The lowest BCUT2D eigenvalue weighted by Gasteiger charge is -2.23. The maximum absolute atomic E-state index is 12.7. The Morgan fingerprint density at radius 1 is 0.677 bits per heavy atom. The zero-order valence-corrected chi connectivity index (χ0v) is 36.1. The first kappa shape index (κ1) is 44.7. The highest BCUT2D eigenvalue weighted by Gasteiger charge is 2.19. The van der Waals surface area contributed by atoms with Gasteiger partial charge in [0, 0.05) is 11.1 Å². The third-order valence-electron chi connectivity index (χ3n) is 9.10. The van der Waals surface area contributed by atoms with Crippen molar-refractivity contribution in [3.8, 4) is 45.2 Å². The Morgan fingerprint density at radius 3 is 1.66 bits per heavy atom. The van der Waals surface area contributed by atoms with Gasteiger partial charge in [0.1, 0.15) is 11.5 Å². The van der Waals surface area contributed by atoms with Crippen LogP contribution in [0.4, 0.5) is 4.79 Å². The van der Waals surface area contributed by atoms with Crippen molar-refractivity contribution < 1.29 is 23.5 Å². The number of nitrogens with two attached hydrogens (primary N) is 1. The molecule has 0 spiro atoms. The van der Waals surface area contributed by atoms with Gasteiger partial charge in [-0.3, -0.25) is 15.6 Å². The predicted molar refractivity (Wildman–Crippen MR) is 243 cm³/mol. The van der Waals surface area contributed by atoms with Gasteiger partial charge in [-0.2, -0.15) is 4.68 Å². The highest BCUT2D eigenvalue weighted by atomic mass is 35.5. The van der Waals surface area contributed by atoms with Crippen molar-refractivity contribution in [3.05, 3.63) is 183 Å². The lowest BCUT2D eigenvalue weighted by Crippen LogP contribution is -2.52. The quantitative estimate of drug-likeness (QED) is 0.0623. The van der Waals surface area contributed by atoms with Gasteiger partial charge in [0.15, 0.2) is 0 Å². The maximum Gasteiger partial charge on any atom is 0.437 e. The van der Waals surface area contributed by atoms with E-state index in [-0.39, 0.29) is 30.2 Å². The molecule has 4 N–H and O–H groups in total. The Morgan fingerprint density at radius 2 is 1.16 bits per heavy atom. The van der Waals surface area contributed by atoms with Crippen LogP contribution in [0.3, 0.4) is 0 Å². The number of carbonyl (C=O) groups excluding carboxylic acids is 2. The largest absolute Gasteiger partial charge is 0.489 e. The lowest BCUT2D eigenvalue weighted by molar-refractivity contribution is 0.0817. The molecule has 6 aromatic carbocycles. The second-order valence-electron chi connectivity index (χ2n) is 14.6. The molecule has 318 valence electrons. The van der Waals surface area contributed by atoms with Crippen molar-refractivity contribution in [1.82, 2.24) is 25.6 Å². The number of aromatic nitrogens is 2.